The second-order valence-electron chi connectivity index (χ2n) is 5.39. The second kappa shape index (κ2) is 7.08. The Morgan fingerprint density at radius 2 is 2.37 bits per heavy atom. The van der Waals surface area contributed by atoms with Crippen LogP contribution in [-0.4, -0.2) is 30.7 Å². The van der Waals surface area contributed by atoms with E-state index < -0.39 is 0 Å². The first kappa shape index (κ1) is 14.6. The zero-order chi connectivity index (χ0) is 13.7. The van der Waals surface area contributed by atoms with Crippen LogP contribution in [0.1, 0.15) is 43.3 Å². The molecule has 108 valence electrons. The third-order valence-corrected chi connectivity index (χ3v) is 3.66. The minimum absolute atomic E-state index is 0.388. The Morgan fingerprint density at radius 3 is 3.05 bits per heavy atom. The monoisotopic (exact) mass is 266 g/mol. The molecular formula is C15H26N2O2. The number of piperidine rings is 1. The average molecular weight is 266 g/mol. The summed E-state index contributed by atoms with van der Waals surface area (Å²) in [6.07, 6.45) is 3.87. The molecule has 2 N–H and O–H groups in total. The van der Waals surface area contributed by atoms with Crippen molar-refractivity contribution in [2.45, 2.75) is 52.3 Å². The van der Waals surface area contributed by atoms with Gasteiger partial charge in [0.25, 0.3) is 0 Å². The maximum Gasteiger partial charge on any atom is 0.120 e. The van der Waals surface area contributed by atoms with Crippen molar-refractivity contribution in [3.05, 3.63) is 23.2 Å². The molecule has 2 rings (SSSR count). The van der Waals surface area contributed by atoms with Crippen LogP contribution in [0.5, 0.6) is 0 Å². The van der Waals surface area contributed by atoms with Crippen molar-refractivity contribution in [2.75, 3.05) is 19.7 Å². The highest BCUT2D eigenvalue weighted by Gasteiger charge is 2.21. The average Bonchev–Trinajstić information content (AvgIpc) is 2.77. The van der Waals surface area contributed by atoms with Gasteiger partial charge in [-0.05, 0) is 44.4 Å². The number of nitrogens with two attached hydrogens (primary N) is 1. The van der Waals surface area contributed by atoms with Gasteiger partial charge >= 0.3 is 0 Å². The van der Waals surface area contributed by atoms with Gasteiger partial charge < -0.3 is 14.9 Å². The Morgan fingerprint density at radius 1 is 1.53 bits per heavy atom. The summed E-state index contributed by atoms with van der Waals surface area (Å²) in [4.78, 5) is 2.42. The number of rotatable bonds is 6. The minimum atomic E-state index is 0.388. The smallest absolute Gasteiger partial charge is 0.120 e. The van der Waals surface area contributed by atoms with Gasteiger partial charge in [-0.15, -0.1) is 0 Å². The van der Waals surface area contributed by atoms with Crippen LogP contribution in [-0.2, 0) is 17.8 Å². The van der Waals surface area contributed by atoms with Crippen LogP contribution >= 0.6 is 0 Å². The van der Waals surface area contributed by atoms with E-state index in [9.17, 15) is 0 Å². The molecule has 1 aliphatic heterocycles. The van der Waals surface area contributed by atoms with Crippen LogP contribution in [0, 0.1) is 6.92 Å². The lowest BCUT2D eigenvalue weighted by Crippen LogP contribution is -2.39. The fourth-order valence-electron chi connectivity index (χ4n) is 2.67. The van der Waals surface area contributed by atoms with Crippen molar-refractivity contribution in [1.82, 2.24) is 4.90 Å². The third-order valence-electron chi connectivity index (χ3n) is 3.66. The summed E-state index contributed by atoms with van der Waals surface area (Å²) in [7, 11) is 0. The molecule has 1 saturated heterocycles. The molecular weight excluding hydrogens is 240 g/mol. The fourth-order valence-corrected chi connectivity index (χ4v) is 2.67. The summed E-state index contributed by atoms with van der Waals surface area (Å²) in [5.74, 6) is 1.93. The van der Waals surface area contributed by atoms with Crippen molar-refractivity contribution < 1.29 is 9.15 Å². The lowest BCUT2D eigenvalue weighted by atomic mass is 10.1. The molecule has 1 atom stereocenters. The topological polar surface area (TPSA) is 51.6 Å². The van der Waals surface area contributed by atoms with E-state index in [2.05, 4.69) is 24.8 Å². The van der Waals surface area contributed by atoms with E-state index in [1.165, 1.54) is 12.8 Å². The van der Waals surface area contributed by atoms with E-state index in [1.807, 2.05) is 0 Å². The molecule has 1 aromatic rings. The first-order valence-corrected chi connectivity index (χ1v) is 7.35. The van der Waals surface area contributed by atoms with Crippen LogP contribution in [0.15, 0.2) is 10.5 Å². The zero-order valence-electron chi connectivity index (χ0n) is 12.2. The number of nitrogens with zero attached hydrogens (tertiary/aromatic N) is 1. The quantitative estimate of drug-likeness (QED) is 0.859. The van der Waals surface area contributed by atoms with Gasteiger partial charge in [0.1, 0.15) is 11.5 Å². The van der Waals surface area contributed by atoms with Crippen LogP contribution in [0.4, 0.5) is 0 Å². The lowest BCUT2D eigenvalue weighted by Gasteiger charge is -2.31. The van der Waals surface area contributed by atoms with E-state index in [0.717, 1.165) is 49.7 Å². The Balaban J connectivity index is 1.87. The van der Waals surface area contributed by atoms with Crippen LogP contribution in [0.25, 0.3) is 0 Å². The summed E-state index contributed by atoms with van der Waals surface area (Å²) < 4.78 is 11.6. The van der Waals surface area contributed by atoms with Gasteiger partial charge in [-0.25, -0.2) is 0 Å². The van der Waals surface area contributed by atoms with Gasteiger partial charge in [0.15, 0.2) is 0 Å². The lowest BCUT2D eigenvalue weighted by molar-refractivity contribution is -0.00380. The number of ether oxygens (including phenoxy) is 1. The molecule has 1 aliphatic rings. The van der Waals surface area contributed by atoms with Gasteiger partial charge in [-0.3, -0.25) is 4.90 Å². The minimum Gasteiger partial charge on any atom is -0.463 e. The predicted molar refractivity (Wildman–Crippen MR) is 75.9 cm³/mol. The molecule has 1 fully saturated rings. The highest BCUT2D eigenvalue weighted by Crippen LogP contribution is 2.19. The van der Waals surface area contributed by atoms with Gasteiger partial charge in [-0.2, -0.15) is 0 Å². The van der Waals surface area contributed by atoms with E-state index in [-0.39, 0.29) is 0 Å². The van der Waals surface area contributed by atoms with Crippen molar-refractivity contribution in [1.29, 1.82) is 0 Å². The highest BCUT2D eigenvalue weighted by molar-refractivity contribution is 5.19. The largest absolute Gasteiger partial charge is 0.463 e. The summed E-state index contributed by atoms with van der Waals surface area (Å²) in [5, 5.41) is 0. The van der Waals surface area contributed by atoms with Crippen molar-refractivity contribution in [3.63, 3.8) is 0 Å². The van der Waals surface area contributed by atoms with E-state index >= 15 is 0 Å². The van der Waals surface area contributed by atoms with Crippen molar-refractivity contribution >= 4 is 0 Å². The van der Waals surface area contributed by atoms with Gasteiger partial charge in [0.2, 0.25) is 0 Å². The molecule has 4 heteroatoms. The van der Waals surface area contributed by atoms with Crippen molar-refractivity contribution in [2.24, 2.45) is 5.73 Å². The normalized spacial score (nSPS) is 20.9. The Bertz CT molecular complexity index is 389. The molecule has 0 spiro atoms. The Labute approximate surface area is 115 Å². The van der Waals surface area contributed by atoms with Crippen LogP contribution < -0.4 is 5.73 Å². The van der Waals surface area contributed by atoms with E-state index in [1.54, 1.807) is 0 Å². The molecule has 0 bridgehead atoms. The number of likely N-dealkylation sites (tertiary alicyclic amines) is 1. The third kappa shape index (κ3) is 4.06. The molecule has 0 aliphatic carbocycles. The standard InChI is InChI=1S/C15H26N2O2/c1-3-7-18-13-5-4-6-17(10-13)11-14-8-12(2)15(9-16)19-14/h8,13H,3-7,9-11,16H2,1-2H3. The summed E-state index contributed by atoms with van der Waals surface area (Å²) in [6, 6.07) is 2.11. The molecule has 19 heavy (non-hydrogen) atoms. The molecule has 0 radical (unpaired) electrons. The first-order valence-electron chi connectivity index (χ1n) is 7.35. The highest BCUT2D eigenvalue weighted by atomic mass is 16.5. The Kier molecular flexibility index (Phi) is 5.43. The second-order valence-corrected chi connectivity index (χ2v) is 5.39. The van der Waals surface area contributed by atoms with E-state index in [4.69, 9.17) is 14.9 Å². The molecule has 4 nitrogen and oxygen atoms in total. The van der Waals surface area contributed by atoms with Crippen LogP contribution in [0.3, 0.4) is 0 Å². The first-order chi connectivity index (χ1) is 9.22. The van der Waals surface area contributed by atoms with Crippen LogP contribution in [0.2, 0.25) is 0 Å². The molecule has 0 saturated carbocycles. The van der Waals surface area contributed by atoms with E-state index in [0.29, 0.717) is 12.6 Å². The number of hydrogen-bond donors (Lipinski definition) is 1. The number of aryl methyl sites for hydroxylation is 1. The number of hydrogen-bond acceptors (Lipinski definition) is 4. The van der Waals surface area contributed by atoms with Gasteiger partial charge in [-0.1, -0.05) is 6.92 Å². The maximum absolute atomic E-state index is 5.86. The predicted octanol–water partition coefficient (Wildman–Crippen LogP) is 2.44. The summed E-state index contributed by atoms with van der Waals surface area (Å²) >= 11 is 0. The summed E-state index contributed by atoms with van der Waals surface area (Å²) in [6.45, 7) is 8.57. The molecule has 0 aromatic carbocycles. The van der Waals surface area contributed by atoms with Gasteiger partial charge in [0, 0.05) is 13.2 Å². The SMILES string of the molecule is CCCOC1CCCN(Cc2cc(C)c(CN)o2)C1. The summed E-state index contributed by atoms with van der Waals surface area (Å²) in [5.41, 5.74) is 6.81. The maximum atomic E-state index is 5.86. The van der Waals surface area contributed by atoms with Gasteiger partial charge in [0.05, 0.1) is 19.2 Å². The number of furan rings is 1. The molecule has 1 unspecified atom stereocenters. The molecule has 1 aromatic heterocycles. The molecule has 0 amide bonds. The Hall–Kier alpha value is -0.840. The molecule has 2 heterocycles. The fraction of sp³-hybridized carbons (Fsp3) is 0.733. The van der Waals surface area contributed by atoms with Crippen molar-refractivity contribution in [3.8, 4) is 0 Å². The zero-order valence-corrected chi connectivity index (χ0v) is 12.2.